The molecule has 0 radical (unpaired) electrons. The predicted octanol–water partition coefficient (Wildman–Crippen LogP) is 4.36. The zero-order valence-electron chi connectivity index (χ0n) is 15.4. The van der Waals surface area contributed by atoms with E-state index in [1.807, 2.05) is 19.9 Å². The van der Waals surface area contributed by atoms with Crippen molar-refractivity contribution in [2.45, 2.75) is 45.4 Å². The van der Waals surface area contributed by atoms with Crippen LogP contribution in [-0.2, 0) is 14.6 Å². The molecule has 0 heterocycles. The molecule has 4 heteroatoms. The molecule has 3 rings (SSSR count). The number of carbonyl (C=O) groups is 1. The third kappa shape index (κ3) is 2.91. The van der Waals surface area contributed by atoms with Gasteiger partial charge in [-0.05, 0) is 49.3 Å². The van der Waals surface area contributed by atoms with E-state index in [4.69, 9.17) is 0 Å². The lowest BCUT2D eigenvalue weighted by Crippen LogP contribution is -2.50. The number of Topliss-reactive ketones (excluding diaryl/α,β-unsaturated/α-hetero) is 1. The van der Waals surface area contributed by atoms with Crippen LogP contribution >= 0.6 is 0 Å². The summed E-state index contributed by atoms with van der Waals surface area (Å²) in [5.41, 5.74) is 0.912. The zero-order chi connectivity index (χ0) is 18.5. The Bertz CT molecular complexity index is 860. The number of carbonyl (C=O) groups excluding carboxylic acids is 1. The summed E-state index contributed by atoms with van der Waals surface area (Å²) in [7, 11) is -3.49. The average Bonchev–Trinajstić information content (AvgIpc) is 2.56. The van der Waals surface area contributed by atoms with Gasteiger partial charge in [0.25, 0.3) is 0 Å². The van der Waals surface area contributed by atoms with E-state index in [0.29, 0.717) is 11.3 Å². The molecule has 3 nitrogen and oxygen atoms in total. The molecule has 0 bridgehead atoms. The van der Waals surface area contributed by atoms with Gasteiger partial charge < -0.3 is 0 Å². The van der Waals surface area contributed by atoms with Gasteiger partial charge in [-0.2, -0.15) is 0 Å². The lowest BCUT2D eigenvalue weighted by Gasteiger charge is -2.51. The van der Waals surface area contributed by atoms with Crippen LogP contribution in [0.25, 0.3) is 0 Å². The standard InChI is InChI=1S/C21H26O3S/c1-15-10-11-18-20(2,3)13-12-19(22)21(18,4)17(15)14-25(23,24)16-8-6-5-7-9-16/h5-11,18H,12-14H2,1-4H3/t18-,21+/m0/s1. The van der Waals surface area contributed by atoms with E-state index in [2.05, 4.69) is 19.9 Å². The van der Waals surface area contributed by atoms with E-state index in [0.717, 1.165) is 17.6 Å². The van der Waals surface area contributed by atoms with Gasteiger partial charge in [0.15, 0.2) is 9.84 Å². The van der Waals surface area contributed by atoms with Gasteiger partial charge in [0.2, 0.25) is 0 Å². The lowest BCUT2D eigenvalue weighted by atomic mass is 9.52. The molecule has 134 valence electrons. The first-order valence-corrected chi connectivity index (χ1v) is 10.4. The van der Waals surface area contributed by atoms with Gasteiger partial charge in [-0.25, -0.2) is 8.42 Å². The molecule has 25 heavy (non-hydrogen) atoms. The van der Waals surface area contributed by atoms with Crippen molar-refractivity contribution < 1.29 is 13.2 Å². The molecule has 1 fully saturated rings. The predicted molar refractivity (Wildman–Crippen MR) is 100.0 cm³/mol. The van der Waals surface area contributed by atoms with Crippen LogP contribution in [0.5, 0.6) is 0 Å². The van der Waals surface area contributed by atoms with Crippen molar-refractivity contribution in [1.29, 1.82) is 0 Å². The topological polar surface area (TPSA) is 51.2 Å². The number of rotatable bonds is 3. The lowest BCUT2D eigenvalue weighted by molar-refractivity contribution is -0.135. The SMILES string of the molecule is CC1=C(CS(=O)(=O)c2ccccc2)[C@@]2(C)C(=O)CCC(C)(C)[C@@H]2C=C1. The van der Waals surface area contributed by atoms with Gasteiger partial charge in [-0.1, -0.05) is 49.8 Å². The van der Waals surface area contributed by atoms with E-state index in [-0.39, 0.29) is 22.9 Å². The van der Waals surface area contributed by atoms with E-state index >= 15 is 0 Å². The maximum atomic E-state index is 13.0. The highest BCUT2D eigenvalue weighted by atomic mass is 32.2. The molecular weight excluding hydrogens is 332 g/mol. The van der Waals surface area contributed by atoms with Crippen LogP contribution in [0, 0.1) is 16.7 Å². The normalized spacial score (nSPS) is 28.8. The molecule has 0 aliphatic heterocycles. The Balaban J connectivity index is 2.08. The molecule has 0 unspecified atom stereocenters. The van der Waals surface area contributed by atoms with Crippen molar-refractivity contribution in [2.75, 3.05) is 5.75 Å². The third-order valence-electron chi connectivity index (χ3n) is 6.12. The quantitative estimate of drug-likeness (QED) is 0.807. The molecule has 1 aromatic carbocycles. The second-order valence-corrected chi connectivity index (χ2v) is 10.2. The second kappa shape index (κ2) is 5.94. The van der Waals surface area contributed by atoms with Crippen molar-refractivity contribution in [2.24, 2.45) is 16.7 Å². The fraction of sp³-hybridized carbons (Fsp3) is 0.476. The Morgan fingerprint density at radius 1 is 1.12 bits per heavy atom. The maximum Gasteiger partial charge on any atom is 0.182 e. The minimum absolute atomic E-state index is 0.0262. The van der Waals surface area contributed by atoms with E-state index in [1.54, 1.807) is 30.3 Å². The van der Waals surface area contributed by atoms with E-state index in [9.17, 15) is 13.2 Å². The smallest absolute Gasteiger partial charge is 0.182 e. The highest BCUT2D eigenvalue weighted by Crippen LogP contribution is 2.56. The van der Waals surface area contributed by atoms with Crippen LogP contribution < -0.4 is 0 Å². The van der Waals surface area contributed by atoms with E-state index < -0.39 is 15.3 Å². The van der Waals surface area contributed by atoms with Gasteiger partial charge in [0, 0.05) is 6.42 Å². The average molecular weight is 359 g/mol. The number of ketones is 1. The summed E-state index contributed by atoms with van der Waals surface area (Å²) in [4.78, 5) is 13.3. The number of hydrogen-bond acceptors (Lipinski definition) is 3. The Morgan fingerprint density at radius 3 is 2.40 bits per heavy atom. The van der Waals surface area contributed by atoms with Crippen molar-refractivity contribution in [1.82, 2.24) is 0 Å². The van der Waals surface area contributed by atoms with Crippen molar-refractivity contribution in [3.05, 3.63) is 53.6 Å². The Labute approximate surface area is 150 Å². The molecule has 0 spiro atoms. The summed E-state index contributed by atoms with van der Waals surface area (Å²) >= 11 is 0. The highest BCUT2D eigenvalue weighted by molar-refractivity contribution is 7.91. The van der Waals surface area contributed by atoms with Gasteiger partial charge in [0.1, 0.15) is 5.78 Å². The number of fused-ring (bicyclic) bond motifs is 1. The number of sulfone groups is 1. The molecule has 2 aliphatic rings. The monoisotopic (exact) mass is 358 g/mol. The maximum absolute atomic E-state index is 13.0. The van der Waals surface area contributed by atoms with Crippen LogP contribution in [0.15, 0.2) is 58.5 Å². The summed E-state index contributed by atoms with van der Waals surface area (Å²) < 4.78 is 25.9. The minimum atomic E-state index is -3.49. The highest BCUT2D eigenvalue weighted by Gasteiger charge is 2.54. The molecule has 2 aliphatic carbocycles. The molecular formula is C21H26O3S. The molecule has 2 atom stereocenters. The van der Waals surface area contributed by atoms with Crippen molar-refractivity contribution >= 4 is 15.6 Å². The van der Waals surface area contributed by atoms with Crippen LogP contribution in [0.2, 0.25) is 0 Å². The van der Waals surface area contributed by atoms with Crippen LogP contribution in [0.4, 0.5) is 0 Å². The van der Waals surface area contributed by atoms with Gasteiger partial charge in [0.05, 0.1) is 16.1 Å². The van der Waals surface area contributed by atoms with E-state index in [1.165, 1.54) is 0 Å². The number of benzene rings is 1. The fourth-order valence-corrected chi connectivity index (χ4v) is 6.18. The summed E-state index contributed by atoms with van der Waals surface area (Å²) in [5.74, 6) is 0.104. The first kappa shape index (κ1) is 18.1. The van der Waals surface area contributed by atoms with Gasteiger partial charge >= 0.3 is 0 Å². The van der Waals surface area contributed by atoms with Crippen molar-refractivity contribution in [3.63, 3.8) is 0 Å². The van der Waals surface area contributed by atoms with Gasteiger partial charge in [-0.3, -0.25) is 4.79 Å². The zero-order valence-corrected chi connectivity index (χ0v) is 16.2. The molecule has 0 amide bonds. The molecule has 0 saturated heterocycles. The summed E-state index contributed by atoms with van der Waals surface area (Å²) in [6.45, 7) is 8.22. The van der Waals surface area contributed by atoms with Gasteiger partial charge in [-0.15, -0.1) is 0 Å². The summed E-state index contributed by atoms with van der Waals surface area (Å²) in [5, 5.41) is 0. The molecule has 1 saturated carbocycles. The Kier molecular flexibility index (Phi) is 4.31. The summed E-state index contributed by atoms with van der Waals surface area (Å²) in [6, 6.07) is 8.51. The molecule has 1 aromatic rings. The van der Waals surface area contributed by atoms with Crippen LogP contribution in [0.3, 0.4) is 0 Å². The Morgan fingerprint density at radius 2 is 1.76 bits per heavy atom. The fourth-order valence-electron chi connectivity index (χ4n) is 4.53. The molecule has 0 aromatic heterocycles. The molecule has 0 N–H and O–H groups in total. The third-order valence-corrected chi connectivity index (χ3v) is 7.78. The second-order valence-electron chi connectivity index (χ2n) is 8.18. The van der Waals surface area contributed by atoms with Crippen LogP contribution in [-0.4, -0.2) is 20.0 Å². The summed E-state index contributed by atoms with van der Waals surface area (Å²) in [6.07, 6.45) is 5.47. The Hall–Kier alpha value is -1.68. The first-order valence-electron chi connectivity index (χ1n) is 8.78. The van der Waals surface area contributed by atoms with Crippen molar-refractivity contribution in [3.8, 4) is 0 Å². The number of allylic oxidation sites excluding steroid dienone is 3. The van der Waals surface area contributed by atoms with Crippen LogP contribution in [0.1, 0.15) is 40.5 Å². The first-order chi connectivity index (χ1) is 11.6. The largest absolute Gasteiger partial charge is 0.299 e. The number of hydrogen-bond donors (Lipinski definition) is 0. The minimum Gasteiger partial charge on any atom is -0.299 e.